The van der Waals surface area contributed by atoms with Crippen LogP contribution < -0.4 is 10.3 Å². The molecule has 2 aromatic rings. The number of aryl methyl sites for hydroxylation is 2. The number of methoxy groups -OCH3 is 1. The van der Waals surface area contributed by atoms with E-state index in [-0.39, 0.29) is 5.56 Å². The molecule has 2 rings (SSSR count). The van der Waals surface area contributed by atoms with E-state index in [0.717, 1.165) is 11.1 Å². The van der Waals surface area contributed by atoms with Gasteiger partial charge >= 0.3 is 0 Å². The molecule has 4 heteroatoms. The molecule has 18 heavy (non-hydrogen) atoms. The van der Waals surface area contributed by atoms with Crippen LogP contribution in [0.15, 0.2) is 35.1 Å². The van der Waals surface area contributed by atoms with E-state index < -0.39 is 0 Å². The number of benzene rings is 1. The smallest absolute Gasteiger partial charge is 0.299 e. The predicted octanol–water partition coefficient (Wildman–Crippen LogP) is 1.92. The Morgan fingerprint density at radius 2 is 2.00 bits per heavy atom. The van der Waals surface area contributed by atoms with Crippen LogP contribution in [0.3, 0.4) is 0 Å². The van der Waals surface area contributed by atoms with Crippen LogP contribution in [0, 0.1) is 13.8 Å². The van der Waals surface area contributed by atoms with Crippen LogP contribution in [0.5, 0.6) is 6.01 Å². The Bertz CT molecular complexity index is 617. The van der Waals surface area contributed by atoms with Gasteiger partial charge in [-0.1, -0.05) is 24.3 Å². The molecule has 0 atom stereocenters. The molecule has 0 unspecified atom stereocenters. The van der Waals surface area contributed by atoms with Crippen molar-refractivity contribution in [2.24, 2.45) is 0 Å². The molecule has 0 aliphatic rings. The lowest BCUT2D eigenvalue weighted by molar-refractivity contribution is 0.349. The van der Waals surface area contributed by atoms with Crippen molar-refractivity contribution in [3.05, 3.63) is 57.5 Å². The van der Waals surface area contributed by atoms with Gasteiger partial charge in [0.05, 0.1) is 13.7 Å². The molecule has 4 nitrogen and oxygen atoms in total. The molecule has 0 aliphatic carbocycles. The standard InChI is InChI=1S/C14H16N2O2/c1-10-6-4-5-7-12(10)9-16-13(17)8-11(2)15-14(16)18-3/h4-8H,9H2,1-3H3. The summed E-state index contributed by atoms with van der Waals surface area (Å²) in [7, 11) is 1.52. The van der Waals surface area contributed by atoms with Gasteiger partial charge in [0.1, 0.15) is 0 Å². The molecular weight excluding hydrogens is 228 g/mol. The Morgan fingerprint density at radius 3 is 2.67 bits per heavy atom. The summed E-state index contributed by atoms with van der Waals surface area (Å²) in [6, 6.07) is 9.83. The van der Waals surface area contributed by atoms with Gasteiger partial charge in [-0.15, -0.1) is 0 Å². The molecule has 94 valence electrons. The average Bonchev–Trinajstić information content (AvgIpc) is 2.34. The molecule has 0 amide bonds. The average molecular weight is 244 g/mol. The summed E-state index contributed by atoms with van der Waals surface area (Å²) in [5, 5.41) is 0. The predicted molar refractivity (Wildman–Crippen MR) is 70.1 cm³/mol. The summed E-state index contributed by atoms with van der Waals surface area (Å²) in [5.74, 6) is 0. The number of hydrogen-bond donors (Lipinski definition) is 0. The molecular formula is C14H16N2O2. The maximum absolute atomic E-state index is 12.0. The molecule has 0 spiro atoms. The van der Waals surface area contributed by atoms with Crippen LogP contribution in [0.1, 0.15) is 16.8 Å². The summed E-state index contributed by atoms with van der Waals surface area (Å²) in [5.41, 5.74) is 2.80. The lowest BCUT2D eigenvalue weighted by atomic mass is 10.1. The van der Waals surface area contributed by atoms with Gasteiger partial charge in [-0.2, -0.15) is 0 Å². The zero-order valence-electron chi connectivity index (χ0n) is 10.8. The SMILES string of the molecule is COc1nc(C)cc(=O)n1Cc1ccccc1C. The summed E-state index contributed by atoms with van der Waals surface area (Å²) in [4.78, 5) is 16.2. The first-order valence-electron chi connectivity index (χ1n) is 5.79. The Balaban J connectivity index is 2.47. The zero-order chi connectivity index (χ0) is 13.1. The summed E-state index contributed by atoms with van der Waals surface area (Å²) in [6.07, 6.45) is 0. The first kappa shape index (κ1) is 12.4. The van der Waals surface area contributed by atoms with Gasteiger partial charge in [-0.05, 0) is 25.0 Å². The number of hydrogen-bond acceptors (Lipinski definition) is 3. The zero-order valence-corrected chi connectivity index (χ0v) is 10.8. The molecule has 1 heterocycles. The van der Waals surface area contributed by atoms with E-state index in [1.165, 1.54) is 17.7 Å². The van der Waals surface area contributed by atoms with E-state index in [9.17, 15) is 4.79 Å². The van der Waals surface area contributed by atoms with Gasteiger partial charge in [0.15, 0.2) is 0 Å². The Kier molecular flexibility index (Phi) is 3.46. The second-order valence-electron chi connectivity index (χ2n) is 4.24. The fourth-order valence-electron chi connectivity index (χ4n) is 1.85. The largest absolute Gasteiger partial charge is 0.468 e. The Labute approximate surface area is 106 Å². The van der Waals surface area contributed by atoms with E-state index >= 15 is 0 Å². The van der Waals surface area contributed by atoms with Crippen LogP contribution >= 0.6 is 0 Å². The molecule has 0 saturated carbocycles. The van der Waals surface area contributed by atoms with Crippen LogP contribution in [0.2, 0.25) is 0 Å². The van der Waals surface area contributed by atoms with Gasteiger partial charge in [0.25, 0.3) is 11.6 Å². The van der Waals surface area contributed by atoms with Crippen molar-refractivity contribution in [1.29, 1.82) is 0 Å². The number of ether oxygens (including phenoxy) is 1. The first-order chi connectivity index (χ1) is 8.61. The molecule has 0 bridgehead atoms. The minimum Gasteiger partial charge on any atom is -0.468 e. The maximum atomic E-state index is 12.0. The fraction of sp³-hybridized carbons (Fsp3) is 0.286. The van der Waals surface area contributed by atoms with Crippen molar-refractivity contribution >= 4 is 0 Å². The molecule has 0 N–H and O–H groups in total. The third kappa shape index (κ3) is 2.42. The van der Waals surface area contributed by atoms with Gasteiger partial charge in [0, 0.05) is 11.8 Å². The number of nitrogens with zero attached hydrogens (tertiary/aromatic N) is 2. The van der Waals surface area contributed by atoms with Crippen molar-refractivity contribution in [1.82, 2.24) is 9.55 Å². The van der Waals surface area contributed by atoms with Gasteiger partial charge in [-0.3, -0.25) is 9.36 Å². The highest BCUT2D eigenvalue weighted by molar-refractivity contribution is 5.26. The highest BCUT2D eigenvalue weighted by atomic mass is 16.5. The van der Waals surface area contributed by atoms with E-state index in [4.69, 9.17) is 4.74 Å². The number of aromatic nitrogens is 2. The van der Waals surface area contributed by atoms with Crippen molar-refractivity contribution in [3.63, 3.8) is 0 Å². The lowest BCUT2D eigenvalue weighted by Crippen LogP contribution is -2.23. The second kappa shape index (κ2) is 5.04. The van der Waals surface area contributed by atoms with E-state index in [2.05, 4.69) is 4.98 Å². The first-order valence-corrected chi connectivity index (χ1v) is 5.79. The Morgan fingerprint density at radius 1 is 1.28 bits per heavy atom. The summed E-state index contributed by atoms with van der Waals surface area (Å²) in [6.45, 7) is 4.28. The normalized spacial score (nSPS) is 10.4. The number of rotatable bonds is 3. The lowest BCUT2D eigenvalue weighted by Gasteiger charge is -2.12. The van der Waals surface area contributed by atoms with Crippen molar-refractivity contribution < 1.29 is 4.74 Å². The molecule has 0 aliphatic heterocycles. The van der Waals surface area contributed by atoms with Crippen LogP contribution in [0.4, 0.5) is 0 Å². The van der Waals surface area contributed by atoms with Gasteiger partial charge in [-0.25, -0.2) is 4.98 Å². The monoisotopic (exact) mass is 244 g/mol. The van der Waals surface area contributed by atoms with Gasteiger partial charge < -0.3 is 4.74 Å². The minimum absolute atomic E-state index is 0.0948. The summed E-state index contributed by atoms with van der Waals surface area (Å²) < 4.78 is 6.71. The minimum atomic E-state index is -0.0948. The highest BCUT2D eigenvalue weighted by Crippen LogP contribution is 2.12. The van der Waals surface area contributed by atoms with Crippen LogP contribution in [-0.2, 0) is 6.54 Å². The Hall–Kier alpha value is -2.10. The quantitative estimate of drug-likeness (QED) is 0.828. The van der Waals surface area contributed by atoms with Crippen molar-refractivity contribution in [3.8, 4) is 6.01 Å². The van der Waals surface area contributed by atoms with Gasteiger partial charge in [0.2, 0.25) is 0 Å². The van der Waals surface area contributed by atoms with E-state index in [1.54, 1.807) is 6.92 Å². The molecule has 0 radical (unpaired) electrons. The van der Waals surface area contributed by atoms with E-state index in [1.807, 2.05) is 31.2 Å². The topological polar surface area (TPSA) is 44.1 Å². The molecule has 0 fully saturated rings. The highest BCUT2D eigenvalue weighted by Gasteiger charge is 2.08. The van der Waals surface area contributed by atoms with E-state index in [0.29, 0.717) is 18.2 Å². The molecule has 1 aromatic heterocycles. The molecule has 1 aromatic carbocycles. The second-order valence-corrected chi connectivity index (χ2v) is 4.24. The van der Waals surface area contributed by atoms with Crippen molar-refractivity contribution in [2.45, 2.75) is 20.4 Å². The van der Waals surface area contributed by atoms with Crippen LogP contribution in [0.25, 0.3) is 0 Å². The van der Waals surface area contributed by atoms with Crippen LogP contribution in [-0.4, -0.2) is 16.7 Å². The third-order valence-electron chi connectivity index (χ3n) is 2.87. The summed E-state index contributed by atoms with van der Waals surface area (Å²) >= 11 is 0. The maximum Gasteiger partial charge on any atom is 0.299 e. The van der Waals surface area contributed by atoms with Crippen molar-refractivity contribution in [2.75, 3.05) is 7.11 Å². The molecule has 0 saturated heterocycles. The third-order valence-corrected chi connectivity index (χ3v) is 2.87. The fourth-order valence-corrected chi connectivity index (χ4v) is 1.85.